The van der Waals surface area contributed by atoms with E-state index in [1.807, 2.05) is 18.2 Å². The van der Waals surface area contributed by atoms with Gasteiger partial charge in [0.1, 0.15) is 11.9 Å². The van der Waals surface area contributed by atoms with Crippen LogP contribution in [-0.2, 0) is 16.3 Å². The molecule has 0 unspecified atom stereocenters. The second-order valence-corrected chi connectivity index (χ2v) is 10.7. The van der Waals surface area contributed by atoms with Crippen molar-refractivity contribution in [1.29, 1.82) is 0 Å². The predicted molar refractivity (Wildman–Crippen MR) is 121 cm³/mol. The van der Waals surface area contributed by atoms with Crippen molar-refractivity contribution < 1.29 is 17.9 Å². The Morgan fingerprint density at radius 1 is 1.00 bits per heavy atom. The maximum absolute atomic E-state index is 12.4. The number of carbonyl (C=O) groups is 1. The third-order valence-electron chi connectivity index (χ3n) is 6.08. The fourth-order valence-corrected chi connectivity index (χ4v) is 5.91. The van der Waals surface area contributed by atoms with Gasteiger partial charge in [-0.1, -0.05) is 30.3 Å². The van der Waals surface area contributed by atoms with E-state index < -0.39 is 9.84 Å². The summed E-state index contributed by atoms with van der Waals surface area (Å²) < 4.78 is 29.2. The Hall–Kier alpha value is -2.38. The van der Waals surface area contributed by atoms with E-state index >= 15 is 0 Å². The lowest BCUT2D eigenvalue weighted by molar-refractivity contribution is 0.0940. The van der Waals surface area contributed by atoms with Crippen LogP contribution in [0.3, 0.4) is 0 Å². The molecule has 2 heterocycles. The fraction of sp³-hybridized carbons (Fsp3) is 0.458. The number of rotatable bonds is 7. The first-order valence-electron chi connectivity index (χ1n) is 11.0. The van der Waals surface area contributed by atoms with Crippen molar-refractivity contribution in [1.82, 2.24) is 10.2 Å². The van der Waals surface area contributed by atoms with Crippen LogP contribution in [0.2, 0.25) is 0 Å². The largest absolute Gasteiger partial charge is 0.490 e. The molecular weight excluding hydrogens is 412 g/mol. The third kappa shape index (κ3) is 6.31. The molecule has 0 spiro atoms. The van der Waals surface area contributed by atoms with Gasteiger partial charge >= 0.3 is 0 Å². The topological polar surface area (TPSA) is 75.7 Å². The summed E-state index contributed by atoms with van der Waals surface area (Å²) in [7, 11) is -3.01. The number of benzene rings is 2. The zero-order valence-corrected chi connectivity index (χ0v) is 18.5. The molecule has 6 nitrogen and oxygen atoms in total. The minimum atomic E-state index is -3.01. The first kappa shape index (κ1) is 21.8. The van der Waals surface area contributed by atoms with Crippen LogP contribution in [0.1, 0.15) is 35.2 Å². The zero-order valence-electron chi connectivity index (χ0n) is 17.7. The van der Waals surface area contributed by atoms with Gasteiger partial charge in [0.15, 0.2) is 9.84 Å². The number of hydrogen-bond acceptors (Lipinski definition) is 5. The summed E-state index contributed by atoms with van der Waals surface area (Å²) in [5, 5.41) is 2.82. The molecule has 1 N–H and O–H groups in total. The number of sulfone groups is 1. The number of piperidine rings is 1. The normalized spacial score (nSPS) is 21.6. The molecule has 1 atom stereocenters. The SMILES string of the molecule is O=C(N[C@H]1CCS(=O)(=O)C1)c1ccc(OC2CCN(CCc3ccccc3)CC2)cc1. The molecule has 2 saturated heterocycles. The Morgan fingerprint density at radius 2 is 1.71 bits per heavy atom. The number of likely N-dealkylation sites (tertiary alicyclic amines) is 1. The summed E-state index contributed by atoms with van der Waals surface area (Å²) in [6, 6.07) is 17.4. The highest BCUT2D eigenvalue weighted by Gasteiger charge is 2.29. The lowest BCUT2D eigenvalue weighted by atomic mass is 10.1. The molecule has 2 aromatic carbocycles. The molecule has 4 rings (SSSR count). The van der Waals surface area contributed by atoms with Gasteiger partial charge in [-0.05, 0) is 55.5 Å². The number of nitrogens with zero attached hydrogens (tertiary/aromatic N) is 1. The molecule has 0 aromatic heterocycles. The van der Waals surface area contributed by atoms with Crippen LogP contribution >= 0.6 is 0 Å². The van der Waals surface area contributed by atoms with Crippen LogP contribution < -0.4 is 10.1 Å². The monoisotopic (exact) mass is 442 g/mol. The van der Waals surface area contributed by atoms with Crippen LogP contribution in [0.5, 0.6) is 5.75 Å². The summed E-state index contributed by atoms with van der Waals surface area (Å²) in [5.74, 6) is 0.711. The highest BCUT2D eigenvalue weighted by Crippen LogP contribution is 2.20. The summed E-state index contributed by atoms with van der Waals surface area (Å²) in [6.07, 6.45) is 3.74. The van der Waals surface area contributed by atoms with Gasteiger partial charge in [0.05, 0.1) is 11.5 Å². The average Bonchev–Trinajstić information content (AvgIpc) is 3.12. The van der Waals surface area contributed by atoms with E-state index in [4.69, 9.17) is 4.74 Å². The second kappa shape index (κ2) is 9.83. The number of hydrogen-bond donors (Lipinski definition) is 1. The highest BCUT2D eigenvalue weighted by atomic mass is 32.2. The molecule has 0 aliphatic carbocycles. The second-order valence-electron chi connectivity index (χ2n) is 8.49. The van der Waals surface area contributed by atoms with Crippen LogP contribution in [0.15, 0.2) is 54.6 Å². The maximum Gasteiger partial charge on any atom is 0.251 e. The van der Waals surface area contributed by atoms with Crippen molar-refractivity contribution in [2.24, 2.45) is 0 Å². The van der Waals surface area contributed by atoms with E-state index in [2.05, 4.69) is 34.5 Å². The molecule has 31 heavy (non-hydrogen) atoms. The smallest absolute Gasteiger partial charge is 0.251 e. The van der Waals surface area contributed by atoms with E-state index in [0.29, 0.717) is 12.0 Å². The molecule has 166 valence electrons. The number of ether oxygens (including phenoxy) is 1. The number of amides is 1. The van der Waals surface area contributed by atoms with Gasteiger partial charge in [-0.25, -0.2) is 8.42 Å². The predicted octanol–water partition coefficient (Wildman–Crippen LogP) is 2.69. The molecule has 0 bridgehead atoms. The lowest BCUT2D eigenvalue weighted by Gasteiger charge is -2.32. The zero-order chi connectivity index (χ0) is 21.7. The van der Waals surface area contributed by atoms with Gasteiger partial charge in [-0.3, -0.25) is 4.79 Å². The average molecular weight is 443 g/mol. The minimum Gasteiger partial charge on any atom is -0.490 e. The summed E-state index contributed by atoms with van der Waals surface area (Å²) in [6.45, 7) is 3.13. The Balaban J connectivity index is 1.20. The number of nitrogens with one attached hydrogen (secondary N) is 1. The van der Waals surface area contributed by atoms with E-state index in [1.54, 1.807) is 12.1 Å². The molecule has 7 heteroatoms. The van der Waals surface area contributed by atoms with Crippen LogP contribution in [0.4, 0.5) is 0 Å². The van der Waals surface area contributed by atoms with E-state index in [0.717, 1.165) is 44.6 Å². The van der Waals surface area contributed by atoms with Crippen LogP contribution in [0, 0.1) is 0 Å². The van der Waals surface area contributed by atoms with E-state index in [-0.39, 0.29) is 29.6 Å². The molecular formula is C24H30N2O4S. The summed E-state index contributed by atoms with van der Waals surface area (Å²) in [5.41, 5.74) is 1.90. The van der Waals surface area contributed by atoms with Crippen molar-refractivity contribution in [2.45, 2.75) is 37.8 Å². The molecule has 0 saturated carbocycles. The lowest BCUT2D eigenvalue weighted by Crippen LogP contribution is -2.39. The first-order chi connectivity index (χ1) is 15.0. The van der Waals surface area contributed by atoms with Gasteiger partial charge < -0.3 is 15.0 Å². The maximum atomic E-state index is 12.4. The van der Waals surface area contributed by atoms with Crippen LogP contribution in [-0.4, -0.2) is 62.5 Å². The van der Waals surface area contributed by atoms with Gasteiger partial charge in [0, 0.05) is 31.2 Å². The fourth-order valence-electron chi connectivity index (χ4n) is 4.24. The third-order valence-corrected chi connectivity index (χ3v) is 7.85. The Labute approximate surface area is 184 Å². The standard InChI is InChI=1S/C24H30N2O4S/c27-24(25-21-13-17-31(28,29)18-21)20-6-8-22(9-7-20)30-23-11-15-26(16-12-23)14-10-19-4-2-1-3-5-19/h1-9,21,23H,10-18H2,(H,25,27)/t21-/m0/s1. The Kier molecular flexibility index (Phi) is 6.92. The van der Waals surface area contributed by atoms with Crippen molar-refractivity contribution >= 4 is 15.7 Å². The van der Waals surface area contributed by atoms with Gasteiger partial charge in [-0.15, -0.1) is 0 Å². The Bertz CT molecular complexity index is 968. The minimum absolute atomic E-state index is 0.0317. The van der Waals surface area contributed by atoms with Gasteiger partial charge in [-0.2, -0.15) is 0 Å². The van der Waals surface area contributed by atoms with Crippen molar-refractivity contribution in [3.8, 4) is 5.75 Å². The van der Waals surface area contributed by atoms with Crippen molar-refractivity contribution in [3.05, 3.63) is 65.7 Å². The molecule has 1 amide bonds. The quantitative estimate of drug-likeness (QED) is 0.714. The van der Waals surface area contributed by atoms with Gasteiger partial charge in [0.2, 0.25) is 0 Å². The van der Waals surface area contributed by atoms with Crippen molar-refractivity contribution in [2.75, 3.05) is 31.1 Å². The highest BCUT2D eigenvalue weighted by molar-refractivity contribution is 7.91. The van der Waals surface area contributed by atoms with Crippen molar-refractivity contribution in [3.63, 3.8) is 0 Å². The summed E-state index contributed by atoms with van der Waals surface area (Å²) in [4.78, 5) is 14.9. The molecule has 2 aliphatic rings. The van der Waals surface area contributed by atoms with Crippen LogP contribution in [0.25, 0.3) is 0 Å². The summed E-state index contributed by atoms with van der Waals surface area (Å²) >= 11 is 0. The Morgan fingerprint density at radius 3 is 2.35 bits per heavy atom. The number of carbonyl (C=O) groups excluding carboxylic acids is 1. The van der Waals surface area contributed by atoms with Gasteiger partial charge in [0.25, 0.3) is 5.91 Å². The van der Waals surface area contributed by atoms with E-state index in [9.17, 15) is 13.2 Å². The molecule has 2 fully saturated rings. The first-order valence-corrected chi connectivity index (χ1v) is 12.8. The molecule has 2 aliphatic heterocycles. The molecule has 2 aromatic rings. The molecule has 0 radical (unpaired) electrons. The van der Waals surface area contributed by atoms with E-state index in [1.165, 1.54) is 5.56 Å².